The van der Waals surface area contributed by atoms with E-state index in [0.717, 1.165) is 48.7 Å². The maximum absolute atomic E-state index is 11.7. The number of pyridine rings is 1. The Labute approximate surface area is 152 Å². The Balaban J connectivity index is 1.57. The highest BCUT2D eigenvalue weighted by Crippen LogP contribution is 2.31. The normalized spacial score (nSPS) is 17.2. The van der Waals surface area contributed by atoms with Crippen molar-refractivity contribution in [3.8, 4) is 11.3 Å². The number of hydrogen-bond donors (Lipinski definition) is 2. The SMILES string of the molecule is NC(=O)c1cnccc1N1CCC[C@@H](c2ncc(-c3ccccc3)[nH]2)C1. The van der Waals surface area contributed by atoms with Crippen molar-refractivity contribution >= 4 is 11.6 Å². The molecule has 1 atom stereocenters. The second kappa shape index (κ2) is 7.00. The fraction of sp³-hybridized carbons (Fsp3) is 0.250. The smallest absolute Gasteiger partial charge is 0.252 e. The van der Waals surface area contributed by atoms with E-state index in [1.807, 2.05) is 30.5 Å². The first-order chi connectivity index (χ1) is 12.7. The summed E-state index contributed by atoms with van der Waals surface area (Å²) in [6.45, 7) is 1.69. The number of H-pyrrole nitrogens is 1. The van der Waals surface area contributed by atoms with Crippen LogP contribution < -0.4 is 10.6 Å². The number of carbonyl (C=O) groups is 1. The topological polar surface area (TPSA) is 87.9 Å². The van der Waals surface area contributed by atoms with E-state index < -0.39 is 5.91 Å². The van der Waals surface area contributed by atoms with Gasteiger partial charge in [0.1, 0.15) is 5.82 Å². The van der Waals surface area contributed by atoms with Gasteiger partial charge in [0.15, 0.2) is 0 Å². The summed E-state index contributed by atoms with van der Waals surface area (Å²) in [6, 6.07) is 12.0. The molecule has 3 heterocycles. The molecule has 1 saturated heterocycles. The highest BCUT2D eigenvalue weighted by atomic mass is 16.1. The fourth-order valence-corrected chi connectivity index (χ4v) is 3.58. The molecule has 1 aromatic carbocycles. The van der Waals surface area contributed by atoms with Gasteiger partial charge in [0.2, 0.25) is 0 Å². The van der Waals surface area contributed by atoms with Gasteiger partial charge in [-0.05, 0) is 24.5 Å². The quantitative estimate of drug-likeness (QED) is 0.759. The number of nitrogens with two attached hydrogens (primary N) is 1. The predicted molar refractivity (Wildman–Crippen MR) is 101 cm³/mol. The van der Waals surface area contributed by atoms with Crippen molar-refractivity contribution in [1.29, 1.82) is 0 Å². The highest BCUT2D eigenvalue weighted by Gasteiger charge is 2.26. The molecule has 0 bridgehead atoms. The minimum atomic E-state index is -0.445. The lowest BCUT2D eigenvalue weighted by Gasteiger charge is -2.34. The van der Waals surface area contributed by atoms with Crippen LogP contribution >= 0.6 is 0 Å². The van der Waals surface area contributed by atoms with Gasteiger partial charge in [-0.25, -0.2) is 4.98 Å². The molecule has 0 saturated carbocycles. The predicted octanol–water partition coefficient (Wildman–Crippen LogP) is 2.95. The third-order valence-corrected chi connectivity index (χ3v) is 4.89. The van der Waals surface area contributed by atoms with Crippen LogP contribution in [0.2, 0.25) is 0 Å². The number of anilines is 1. The van der Waals surface area contributed by atoms with E-state index in [4.69, 9.17) is 5.73 Å². The first-order valence-corrected chi connectivity index (χ1v) is 8.81. The molecule has 3 aromatic rings. The van der Waals surface area contributed by atoms with Crippen molar-refractivity contribution in [3.05, 3.63) is 66.4 Å². The van der Waals surface area contributed by atoms with E-state index in [2.05, 4.69) is 32.0 Å². The molecule has 0 spiro atoms. The Hall–Kier alpha value is -3.15. The largest absolute Gasteiger partial charge is 0.370 e. The van der Waals surface area contributed by atoms with Crippen LogP contribution in [0.25, 0.3) is 11.3 Å². The zero-order chi connectivity index (χ0) is 17.9. The molecule has 26 heavy (non-hydrogen) atoms. The minimum absolute atomic E-state index is 0.287. The van der Waals surface area contributed by atoms with Crippen LogP contribution in [0.4, 0.5) is 5.69 Å². The molecular weight excluding hydrogens is 326 g/mol. The average molecular weight is 347 g/mol. The number of hydrogen-bond acceptors (Lipinski definition) is 4. The van der Waals surface area contributed by atoms with E-state index in [1.165, 1.54) is 0 Å². The van der Waals surface area contributed by atoms with Crippen molar-refractivity contribution in [3.63, 3.8) is 0 Å². The molecule has 1 fully saturated rings. The van der Waals surface area contributed by atoms with E-state index in [0.29, 0.717) is 5.56 Å². The monoisotopic (exact) mass is 347 g/mol. The molecule has 6 heteroatoms. The maximum Gasteiger partial charge on any atom is 0.252 e. The van der Waals surface area contributed by atoms with Gasteiger partial charge in [0.25, 0.3) is 5.91 Å². The molecule has 132 valence electrons. The summed E-state index contributed by atoms with van der Waals surface area (Å²) in [6.07, 6.45) is 7.24. The lowest BCUT2D eigenvalue weighted by atomic mass is 9.96. The lowest BCUT2D eigenvalue weighted by Crippen LogP contribution is -2.36. The van der Waals surface area contributed by atoms with Crippen molar-refractivity contribution in [2.24, 2.45) is 5.73 Å². The van der Waals surface area contributed by atoms with Crippen LogP contribution in [0.5, 0.6) is 0 Å². The van der Waals surface area contributed by atoms with Crippen LogP contribution in [0.15, 0.2) is 55.0 Å². The Morgan fingerprint density at radius 1 is 1.19 bits per heavy atom. The lowest BCUT2D eigenvalue weighted by molar-refractivity contribution is 0.100. The molecule has 6 nitrogen and oxygen atoms in total. The van der Waals surface area contributed by atoms with Gasteiger partial charge >= 0.3 is 0 Å². The second-order valence-corrected chi connectivity index (χ2v) is 6.59. The van der Waals surface area contributed by atoms with Crippen molar-refractivity contribution in [1.82, 2.24) is 15.0 Å². The summed E-state index contributed by atoms with van der Waals surface area (Å²) in [7, 11) is 0. The number of nitrogens with zero attached hydrogens (tertiary/aromatic N) is 3. The summed E-state index contributed by atoms with van der Waals surface area (Å²) in [5.41, 5.74) is 8.99. The third-order valence-electron chi connectivity index (χ3n) is 4.89. The third kappa shape index (κ3) is 3.18. The van der Waals surface area contributed by atoms with Gasteiger partial charge in [-0.3, -0.25) is 9.78 Å². The van der Waals surface area contributed by atoms with Crippen molar-refractivity contribution < 1.29 is 4.79 Å². The molecule has 1 aliphatic rings. The number of piperidine rings is 1. The number of carbonyl (C=O) groups excluding carboxylic acids is 1. The van der Waals surface area contributed by atoms with E-state index in [9.17, 15) is 4.79 Å². The molecule has 0 unspecified atom stereocenters. The molecular formula is C20H21N5O. The summed E-state index contributed by atoms with van der Waals surface area (Å²) in [5.74, 6) is 0.831. The number of primary amides is 1. The van der Waals surface area contributed by atoms with Gasteiger partial charge in [-0.15, -0.1) is 0 Å². The van der Waals surface area contributed by atoms with Gasteiger partial charge < -0.3 is 15.6 Å². The summed E-state index contributed by atoms with van der Waals surface area (Å²) < 4.78 is 0. The van der Waals surface area contributed by atoms with Gasteiger partial charge in [-0.1, -0.05) is 30.3 Å². The summed E-state index contributed by atoms with van der Waals surface area (Å²) in [4.78, 5) is 26.0. The van der Waals surface area contributed by atoms with Gasteiger partial charge in [0.05, 0.1) is 23.1 Å². The number of rotatable bonds is 4. The van der Waals surface area contributed by atoms with Crippen LogP contribution in [-0.2, 0) is 0 Å². The number of nitrogens with one attached hydrogen (secondary N) is 1. The number of imidazole rings is 1. The molecule has 2 aromatic heterocycles. The van der Waals surface area contributed by atoms with Gasteiger partial charge in [-0.2, -0.15) is 0 Å². The molecule has 1 amide bonds. The molecule has 3 N–H and O–H groups in total. The van der Waals surface area contributed by atoms with Crippen LogP contribution in [0.3, 0.4) is 0 Å². The summed E-state index contributed by atoms with van der Waals surface area (Å²) in [5, 5.41) is 0. The Bertz CT molecular complexity index is 905. The molecule has 0 radical (unpaired) electrons. The summed E-state index contributed by atoms with van der Waals surface area (Å²) >= 11 is 0. The van der Waals surface area contributed by atoms with E-state index in [-0.39, 0.29) is 5.92 Å². The Kier molecular flexibility index (Phi) is 4.39. The average Bonchev–Trinajstić information content (AvgIpc) is 3.19. The molecule has 4 rings (SSSR count). The minimum Gasteiger partial charge on any atom is -0.370 e. The van der Waals surface area contributed by atoms with Crippen molar-refractivity contribution in [2.45, 2.75) is 18.8 Å². The first-order valence-electron chi connectivity index (χ1n) is 8.81. The molecule has 0 aliphatic carbocycles. The zero-order valence-corrected chi connectivity index (χ0v) is 14.4. The Morgan fingerprint density at radius 2 is 2.04 bits per heavy atom. The maximum atomic E-state index is 11.7. The standard InChI is InChI=1S/C20H21N5O/c21-19(26)16-11-22-9-8-18(16)25-10-4-7-15(13-25)20-23-12-17(24-20)14-5-2-1-3-6-14/h1-3,5-6,8-9,11-12,15H,4,7,10,13H2,(H2,21,26)(H,23,24)/t15-/m1/s1. The molecule has 1 aliphatic heterocycles. The number of amides is 1. The first kappa shape index (κ1) is 16.3. The zero-order valence-electron chi connectivity index (χ0n) is 14.4. The van der Waals surface area contributed by atoms with E-state index in [1.54, 1.807) is 12.4 Å². The van der Waals surface area contributed by atoms with Crippen LogP contribution in [0.1, 0.15) is 34.9 Å². The number of aromatic amines is 1. The van der Waals surface area contributed by atoms with E-state index >= 15 is 0 Å². The van der Waals surface area contributed by atoms with Crippen LogP contribution in [0, 0.1) is 0 Å². The number of benzene rings is 1. The highest BCUT2D eigenvalue weighted by molar-refractivity contribution is 5.98. The second-order valence-electron chi connectivity index (χ2n) is 6.59. The van der Waals surface area contributed by atoms with Crippen molar-refractivity contribution in [2.75, 3.05) is 18.0 Å². The fourth-order valence-electron chi connectivity index (χ4n) is 3.58. The Morgan fingerprint density at radius 3 is 2.85 bits per heavy atom. The van der Waals surface area contributed by atoms with Gasteiger partial charge in [0, 0.05) is 31.4 Å². The number of aromatic nitrogens is 3. The van der Waals surface area contributed by atoms with Crippen LogP contribution in [-0.4, -0.2) is 33.9 Å².